The van der Waals surface area contributed by atoms with E-state index in [0.717, 1.165) is 0 Å². The first kappa shape index (κ1) is 11.8. The molecule has 0 atom stereocenters. The first-order valence-corrected chi connectivity index (χ1v) is 4.56. The number of halogens is 1. The molecule has 0 radical (unpaired) electrons. The molecular weight excluding hydrogens is 143 g/mol. The standard InChI is InChI=1S/C4H12O3Si.FH/c1-5-8(4,6-2)7-3;/h1-4H3;1H. The third-order valence-electron chi connectivity index (χ3n) is 1.11. The van der Waals surface area contributed by atoms with Crippen LogP contribution < -0.4 is 0 Å². The van der Waals surface area contributed by atoms with Gasteiger partial charge in [-0.1, -0.05) is 0 Å². The van der Waals surface area contributed by atoms with Gasteiger partial charge in [-0.15, -0.1) is 0 Å². The highest BCUT2D eigenvalue weighted by molar-refractivity contribution is 6.58. The Labute approximate surface area is 55.7 Å². The summed E-state index contributed by atoms with van der Waals surface area (Å²) in [5.41, 5.74) is 0. The molecule has 0 bridgehead atoms. The number of hydrogen-bond acceptors (Lipinski definition) is 3. The van der Waals surface area contributed by atoms with E-state index in [1.165, 1.54) is 0 Å². The molecule has 0 aromatic heterocycles. The van der Waals surface area contributed by atoms with Gasteiger partial charge >= 0.3 is 8.80 Å². The van der Waals surface area contributed by atoms with Gasteiger partial charge in [0.2, 0.25) is 0 Å². The van der Waals surface area contributed by atoms with Crippen LogP contribution in [0, 0.1) is 0 Å². The lowest BCUT2D eigenvalue weighted by molar-refractivity contribution is 0.132. The van der Waals surface area contributed by atoms with Gasteiger partial charge in [-0.05, 0) is 0 Å². The second kappa shape index (κ2) is 4.86. The van der Waals surface area contributed by atoms with E-state index < -0.39 is 8.80 Å². The monoisotopic (exact) mass is 156 g/mol. The molecule has 0 spiro atoms. The van der Waals surface area contributed by atoms with E-state index in [0.29, 0.717) is 0 Å². The summed E-state index contributed by atoms with van der Waals surface area (Å²) in [5, 5.41) is 0. The summed E-state index contributed by atoms with van der Waals surface area (Å²) >= 11 is 0. The Balaban J connectivity index is 0. The second-order valence-corrected chi connectivity index (χ2v) is 4.42. The molecule has 0 rings (SSSR count). The van der Waals surface area contributed by atoms with Crippen molar-refractivity contribution >= 4 is 8.80 Å². The van der Waals surface area contributed by atoms with E-state index in [-0.39, 0.29) is 4.70 Å². The summed E-state index contributed by atoms with van der Waals surface area (Å²) in [5.74, 6) is 0. The predicted octanol–water partition coefficient (Wildman–Crippen LogP) is 0.647. The Morgan fingerprint density at radius 1 is 0.889 bits per heavy atom. The second-order valence-electron chi connectivity index (χ2n) is 1.47. The van der Waals surface area contributed by atoms with Crippen molar-refractivity contribution in [2.24, 2.45) is 0 Å². The maximum Gasteiger partial charge on any atom is 0.496 e. The van der Waals surface area contributed by atoms with E-state index >= 15 is 0 Å². The van der Waals surface area contributed by atoms with E-state index in [9.17, 15) is 0 Å². The van der Waals surface area contributed by atoms with Crippen LogP contribution >= 0.6 is 0 Å². The molecule has 0 amide bonds. The molecule has 0 heterocycles. The zero-order valence-electron chi connectivity index (χ0n) is 6.13. The summed E-state index contributed by atoms with van der Waals surface area (Å²) in [6, 6.07) is 0. The quantitative estimate of drug-likeness (QED) is 0.561. The molecule has 3 nitrogen and oxygen atoms in total. The van der Waals surface area contributed by atoms with Crippen molar-refractivity contribution in [3.63, 3.8) is 0 Å². The SMILES string of the molecule is CO[Si](C)(OC)OC.F. The molecule has 0 aromatic rings. The summed E-state index contributed by atoms with van der Waals surface area (Å²) in [4.78, 5) is 0. The van der Waals surface area contributed by atoms with Crippen LogP contribution in [0.5, 0.6) is 0 Å². The Hall–Kier alpha value is 0.0269. The molecule has 5 heteroatoms. The zero-order valence-corrected chi connectivity index (χ0v) is 7.13. The molecule has 0 aromatic carbocycles. The van der Waals surface area contributed by atoms with Crippen LogP contribution in [0.15, 0.2) is 0 Å². The number of hydrogen-bond donors (Lipinski definition) is 0. The van der Waals surface area contributed by atoms with Gasteiger partial charge in [-0.2, -0.15) is 0 Å². The fourth-order valence-electron chi connectivity index (χ4n) is 0.250. The largest absolute Gasteiger partial charge is 0.496 e. The molecule has 0 aliphatic rings. The lowest BCUT2D eigenvalue weighted by Gasteiger charge is -2.18. The van der Waals surface area contributed by atoms with E-state index in [1.54, 1.807) is 21.3 Å². The Morgan fingerprint density at radius 3 is 1.11 bits per heavy atom. The molecule has 0 N–H and O–H groups in total. The van der Waals surface area contributed by atoms with Crippen LogP contribution in [0.2, 0.25) is 6.55 Å². The van der Waals surface area contributed by atoms with Gasteiger partial charge < -0.3 is 13.3 Å². The highest BCUT2D eigenvalue weighted by Crippen LogP contribution is 2.02. The smallest absolute Gasteiger partial charge is 0.377 e. The Morgan fingerprint density at radius 2 is 1.11 bits per heavy atom. The summed E-state index contributed by atoms with van der Waals surface area (Å²) in [7, 11) is 2.58. The molecule has 0 aliphatic carbocycles. The number of rotatable bonds is 3. The highest BCUT2D eigenvalue weighted by Gasteiger charge is 2.29. The van der Waals surface area contributed by atoms with Crippen molar-refractivity contribution in [1.82, 2.24) is 0 Å². The van der Waals surface area contributed by atoms with E-state index in [2.05, 4.69) is 0 Å². The summed E-state index contributed by atoms with van der Waals surface area (Å²) in [6.45, 7) is 1.83. The predicted molar refractivity (Wildman–Crippen MR) is 35.1 cm³/mol. The molecule has 0 saturated heterocycles. The van der Waals surface area contributed by atoms with Gasteiger partial charge in [0, 0.05) is 27.9 Å². The highest BCUT2D eigenvalue weighted by atomic mass is 28.4. The van der Waals surface area contributed by atoms with Crippen LogP contribution in [0.1, 0.15) is 0 Å². The van der Waals surface area contributed by atoms with Crippen LogP contribution in [0.4, 0.5) is 4.70 Å². The van der Waals surface area contributed by atoms with Gasteiger partial charge in [0.1, 0.15) is 0 Å². The Kier molecular flexibility index (Phi) is 6.37. The fraction of sp³-hybridized carbons (Fsp3) is 1.00. The first-order valence-electron chi connectivity index (χ1n) is 2.34. The van der Waals surface area contributed by atoms with Gasteiger partial charge in [0.15, 0.2) is 0 Å². The molecule has 58 valence electrons. The van der Waals surface area contributed by atoms with Crippen molar-refractivity contribution < 1.29 is 18.0 Å². The van der Waals surface area contributed by atoms with Gasteiger partial charge in [-0.3, -0.25) is 4.70 Å². The fourth-order valence-corrected chi connectivity index (χ4v) is 0.750. The van der Waals surface area contributed by atoms with E-state index in [4.69, 9.17) is 13.3 Å². The molecule has 0 fully saturated rings. The van der Waals surface area contributed by atoms with Crippen LogP contribution in [0.3, 0.4) is 0 Å². The van der Waals surface area contributed by atoms with Crippen LogP contribution in [0.25, 0.3) is 0 Å². The minimum Gasteiger partial charge on any atom is -0.377 e. The third-order valence-corrected chi connectivity index (χ3v) is 3.34. The van der Waals surface area contributed by atoms with Crippen molar-refractivity contribution in [3.05, 3.63) is 0 Å². The zero-order chi connectivity index (χ0) is 6.62. The van der Waals surface area contributed by atoms with E-state index in [1.807, 2.05) is 6.55 Å². The van der Waals surface area contributed by atoms with Crippen molar-refractivity contribution in [1.29, 1.82) is 0 Å². The topological polar surface area (TPSA) is 27.7 Å². The lowest BCUT2D eigenvalue weighted by Crippen LogP contribution is -2.38. The molecule has 0 aliphatic heterocycles. The summed E-state index contributed by atoms with van der Waals surface area (Å²) in [6.07, 6.45) is 0. The van der Waals surface area contributed by atoms with Gasteiger partial charge in [0.25, 0.3) is 0 Å². The minimum absolute atomic E-state index is 0. The lowest BCUT2D eigenvalue weighted by atomic mass is 11.8. The molecule has 0 unspecified atom stereocenters. The maximum absolute atomic E-state index is 4.93. The van der Waals surface area contributed by atoms with Crippen molar-refractivity contribution in [2.45, 2.75) is 6.55 Å². The van der Waals surface area contributed by atoms with Gasteiger partial charge in [-0.25, -0.2) is 0 Å². The first-order chi connectivity index (χ1) is 3.68. The molecule has 9 heavy (non-hydrogen) atoms. The Bertz CT molecular complexity index is 58.6. The summed E-state index contributed by atoms with van der Waals surface area (Å²) < 4.78 is 14.8. The normalized spacial score (nSPS) is 10.7. The van der Waals surface area contributed by atoms with Crippen molar-refractivity contribution in [3.8, 4) is 0 Å². The van der Waals surface area contributed by atoms with Crippen LogP contribution in [-0.4, -0.2) is 30.1 Å². The average molecular weight is 156 g/mol. The maximum atomic E-state index is 4.93. The third kappa shape index (κ3) is 3.58. The van der Waals surface area contributed by atoms with Gasteiger partial charge in [0.05, 0.1) is 0 Å². The molecule has 0 saturated carbocycles. The minimum atomic E-state index is -2.17. The van der Waals surface area contributed by atoms with Crippen molar-refractivity contribution in [2.75, 3.05) is 21.3 Å². The molecular formula is C4H13FO3Si. The van der Waals surface area contributed by atoms with Crippen LogP contribution in [-0.2, 0) is 13.3 Å². The average Bonchev–Trinajstić information content (AvgIpc) is 1.87.